The highest BCUT2D eigenvalue weighted by Crippen LogP contribution is 2.10. The quantitative estimate of drug-likeness (QED) is 0.327. The lowest BCUT2D eigenvalue weighted by molar-refractivity contribution is -0.137. The average Bonchev–Trinajstić information content (AvgIpc) is 2.45. The minimum absolute atomic E-state index is 0.265. The SMILES string of the molecule is CCCCCCCC/C=C/C(O)CCCCCCC(=O)O. The maximum Gasteiger partial charge on any atom is 0.303 e. The van der Waals surface area contributed by atoms with E-state index in [2.05, 4.69) is 13.0 Å². The Morgan fingerprint density at radius 2 is 1.57 bits per heavy atom. The molecule has 0 aromatic rings. The second-order valence-corrected chi connectivity index (χ2v) is 5.90. The van der Waals surface area contributed by atoms with Gasteiger partial charge in [-0.2, -0.15) is 0 Å². The average molecular weight is 298 g/mol. The minimum atomic E-state index is -0.715. The number of carboxylic acids is 1. The van der Waals surface area contributed by atoms with E-state index < -0.39 is 5.97 Å². The van der Waals surface area contributed by atoms with Crippen molar-refractivity contribution in [2.75, 3.05) is 0 Å². The van der Waals surface area contributed by atoms with Gasteiger partial charge in [-0.3, -0.25) is 4.79 Å². The molecule has 1 atom stereocenters. The maximum atomic E-state index is 10.3. The molecule has 0 bridgehead atoms. The van der Waals surface area contributed by atoms with E-state index in [1.807, 2.05) is 6.08 Å². The lowest BCUT2D eigenvalue weighted by Gasteiger charge is -2.05. The second kappa shape index (κ2) is 15.6. The first-order chi connectivity index (χ1) is 10.2. The van der Waals surface area contributed by atoms with Crippen LogP contribution < -0.4 is 0 Å². The first-order valence-electron chi connectivity index (χ1n) is 8.73. The molecule has 0 aliphatic rings. The summed E-state index contributed by atoms with van der Waals surface area (Å²) in [5, 5.41) is 18.3. The predicted octanol–water partition coefficient (Wildman–Crippen LogP) is 5.08. The zero-order chi connectivity index (χ0) is 15.8. The molecule has 1 unspecified atom stereocenters. The summed E-state index contributed by atoms with van der Waals surface area (Å²) in [4.78, 5) is 10.3. The molecule has 0 aromatic heterocycles. The van der Waals surface area contributed by atoms with Crippen LogP contribution in [0, 0.1) is 0 Å². The number of aliphatic hydroxyl groups is 1. The molecule has 0 radical (unpaired) electrons. The summed E-state index contributed by atoms with van der Waals surface area (Å²) in [5.41, 5.74) is 0. The van der Waals surface area contributed by atoms with Crippen LogP contribution in [0.5, 0.6) is 0 Å². The van der Waals surface area contributed by atoms with Gasteiger partial charge in [0.15, 0.2) is 0 Å². The van der Waals surface area contributed by atoms with Crippen LogP contribution in [0.4, 0.5) is 0 Å². The molecule has 21 heavy (non-hydrogen) atoms. The third kappa shape index (κ3) is 17.1. The number of carbonyl (C=O) groups is 1. The molecule has 0 rings (SSSR count). The van der Waals surface area contributed by atoms with Crippen molar-refractivity contribution in [1.29, 1.82) is 0 Å². The molecule has 2 N–H and O–H groups in total. The fourth-order valence-corrected chi connectivity index (χ4v) is 2.38. The summed E-state index contributed by atoms with van der Waals surface area (Å²) in [7, 11) is 0. The Morgan fingerprint density at radius 3 is 2.29 bits per heavy atom. The highest BCUT2D eigenvalue weighted by Gasteiger charge is 2.00. The van der Waals surface area contributed by atoms with Crippen molar-refractivity contribution in [2.24, 2.45) is 0 Å². The number of aliphatic carboxylic acids is 1. The Balaban J connectivity index is 3.30. The summed E-state index contributed by atoms with van der Waals surface area (Å²) in [6.07, 6.45) is 17.4. The van der Waals surface area contributed by atoms with Crippen molar-refractivity contribution in [3.8, 4) is 0 Å². The van der Waals surface area contributed by atoms with E-state index in [0.717, 1.165) is 38.5 Å². The zero-order valence-corrected chi connectivity index (χ0v) is 13.7. The van der Waals surface area contributed by atoms with Gasteiger partial charge in [0, 0.05) is 6.42 Å². The van der Waals surface area contributed by atoms with Crippen molar-refractivity contribution >= 4 is 5.97 Å². The molecule has 0 aliphatic carbocycles. The topological polar surface area (TPSA) is 57.5 Å². The number of hydrogen-bond acceptors (Lipinski definition) is 2. The van der Waals surface area contributed by atoms with Gasteiger partial charge in [-0.25, -0.2) is 0 Å². The Bertz CT molecular complexity index is 261. The molecule has 0 saturated carbocycles. The summed E-state index contributed by atoms with van der Waals surface area (Å²) in [6, 6.07) is 0. The van der Waals surface area contributed by atoms with Gasteiger partial charge in [-0.15, -0.1) is 0 Å². The minimum Gasteiger partial charge on any atom is -0.481 e. The van der Waals surface area contributed by atoms with Gasteiger partial charge in [-0.05, 0) is 25.7 Å². The number of hydrogen-bond donors (Lipinski definition) is 2. The van der Waals surface area contributed by atoms with Gasteiger partial charge in [-0.1, -0.05) is 70.4 Å². The van der Waals surface area contributed by atoms with Crippen molar-refractivity contribution in [2.45, 2.75) is 96.5 Å². The molecule has 3 nitrogen and oxygen atoms in total. The Hall–Kier alpha value is -0.830. The molecule has 124 valence electrons. The standard InChI is InChI=1S/C18H34O3/c1-2-3-4-5-6-7-8-11-14-17(19)15-12-9-10-13-16-18(20)21/h11,14,17,19H,2-10,12-13,15-16H2,1H3,(H,20,21)/b14-11+. The van der Waals surface area contributed by atoms with Gasteiger partial charge >= 0.3 is 5.97 Å². The number of unbranched alkanes of at least 4 members (excludes halogenated alkanes) is 9. The smallest absolute Gasteiger partial charge is 0.303 e. The maximum absolute atomic E-state index is 10.3. The molecule has 3 heteroatoms. The predicted molar refractivity (Wildman–Crippen MR) is 88.5 cm³/mol. The van der Waals surface area contributed by atoms with Crippen LogP contribution in [-0.2, 0) is 4.79 Å². The van der Waals surface area contributed by atoms with E-state index in [1.54, 1.807) is 0 Å². The van der Waals surface area contributed by atoms with Gasteiger partial charge in [0.2, 0.25) is 0 Å². The van der Waals surface area contributed by atoms with Crippen LogP contribution in [0.3, 0.4) is 0 Å². The molecule has 0 heterocycles. The fourth-order valence-electron chi connectivity index (χ4n) is 2.38. The number of rotatable bonds is 15. The molecule has 0 amide bonds. The number of carboxylic acid groups (broad SMARTS) is 1. The molecule has 0 fully saturated rings. The first kappa shape index (κ1) is 20.2. The highest BCUT2D eigenvalue weighted by molar-refractivity contribution is 5.66. The van der Waals surface area contributed by atoms with Crippen LogP contribution in [0.15, 0.2) is 12.2 Å². The fraction of sp³-hybridized carbons (Fsp3) is 0.833. The number of aliphatic hydroxyl groups excluding tert-OH is 1. The lowest BCUT2D eigenvalue weighted by atomic mass is 10.1. The Labute approximate surface area is 130 Å². The van der Waals surface area contributed by atoms with Gasteiger partial charge in [0.05, 0.1) is 6.10 Å². The largest absolute Gasteiger partial charge is 0.481 e. The Kier molecular flexibility index (Phi) is 14.9. The van der Waals surface area contributed by atoms with Crippen LogP contribution in [0.25, 0.3) is 0 Å². The molecular weight excluding hydrogens is 264 g/mol. The third-order valence-corrected chi connectivity index (χ3v) is 3.72. The monoisotopic (exact) mass is 298 g/mol. The first-order valence-corrected chi connectivity index (χ1v) is 8.73. The van der Waals surface area contributed by atoms with E-state index >= 15 is 0 Å². The molecule has 0 aliphatic heterocycles. The van der Waals surface area contributed by atoms with E-state index in [1.165, 1.54) is 38.5 Å². The van der Waals surface area contributed by atoms with Crippen molar-refractivity contribution in [3.63, 3.8) is 0 Å². The zero-order valence-electron chi connectivity index (χ0n) is 13.7. The summed E-state index contributed by atoms with van der Waals surface area (Å²) in [5.74, 6) is -0.715. The molecule has 0 saturated heterocycles. The normalized spacial score (nSPS) is 12.9. The number of allylic oxidation sites excluding steroid dienone is 1. The third-order valence-electron chi connectivity index (χ3n) is 3.72. The van der Waals surface area contributed by atoms with Crippen LogP contribution in [0.1, 0.15) is 90.4 Å². The van der Waals surface area contributed by atoms with Crippen LogP contribution >= 0.6 is 0 Å². The van der Waals surface area contributed by atoms with Gasteiger partial charge < -0.3 is 10.2 Å². The van der Waals surface area contributed by atoms with E-state index in [4.69, 9.17) is 5.11 Å². The lowest BCUT2D eigenvalue weighted by Crippen LogP contribution is -2.01. The summed E-state index contributed by atoms with van der Waals surface area (Å²) < 4.78 is 0. The second-order valence-electron chi connectivity index (χ2n) is 5.90. The molecular formula is C18H34O3. The van der Waals surface area contributed by atoms with E-state index in [9.17, 15) is 9.90 Å². The van der Waals surface area contributed by atoms with Gasteiger partial charge in [0.25, 0.3) is 0 Å². The van der Waals surface area contributed by atoms with Crippen molar-refractivity contribution < 1.29 is 15.0 Å². The van der Waals surface area contributed by atoms with Crippen molar-refractivity contribution in [1.82, 2.24) is 0 Å². The summed E-state index contributed by atoms with van der Waals surface area (Å²) >= 11 is 0. The summed E-state index contributed by atoms with van der Waals surface area (Å²) in [6.45, 7) is 2.23. The Morgan fingerprint density at radius 1 is 0.952 bits per heavy atom. The van der Waals surface area contributed by atoms with Crippen LogP contribution in [0.2, 0.25) is 0 Å². The molecule has 0 aromatic carbocycles. The van der Waals surface area contributed by atoms with Crippen LogP contribution in [-0.4, -0.2) is 22.3 Å². The van der Waals surface area contributed by atoms with Crippen molar-refractivity contribution in [3.05, 3.63) is 12.2 Å². The highest BCUT2D eigenvalue weighted by atomic mass is 16.4. The van der Waals surface area contributed by atoms with E-state index in [0.29, 0.717) is 0 Å². The van der Waals surface area contributed by atoms with E-state index in [-0.39, 0.29) is 12.5 Å². The molecule has 0 spiro atoms. The van der Waals surface area contributed by atoms with Gasteiger partial charge in [0.1, 0.15) is 0 Å².